The minimum absolute atomic E-state index is 0. The van der Waals surface area contributed by atoms with Crippen molar-refractivity contribution in [2.24, 2.45) is 0 Å². The van der Waals surface area contributed by atoms with Crippen molar-refractivity contribution in [2.45, 2.75) is 33.0 Å². The maximum atomic E-state index is 12.8. The Morgan fingerprint density at radius 1 is 1.09 bits per heavy atom. The summed E-state index contributed by atoms with van der Waals surface area (Å²) >= 11 is 0. The first-order valence-corrected chi connectivity index (χ1v) is 7.93. The van der Waals surface area contributed by atoms with Crippen molar-refractivity contribution < 1.29 is 4.79 Å². The predicted molar refractivity (Wildman–Crippen MR) is 95.7 cm³/mol. The molecule has 0 aliphatic carbocycles. The summed E-state index contributed by atoms with van der Waals surface area (Å²) in [6.07, 6.45) is 0.963. The van der Waals surface area contributed by atoms with Crippen LogP contribution in [0.2, 0.25) is 0 Å². The summed E-state index contributed by atoms with van der Waals surface area (Å²) in [4.78, 5) is 14.8. The number of carbonyl (C=O) groups is 1. The summed E-state index contributed by atoms with van der Waals surface area (Å²) in [6.45, 7) is 5.33. The third-order valence-electron chi connectivity index (χ3n) is 4.08. The van der Waals surface area contributed by atoms with Crippen LogP contribution in [0.15, 0.2) is 48.5 Å². The van der Waals surface area contributed by atoms with Gasteiger partial charge >= 0.3 is 0 Å². The van der Waals surface area contributed by atoms with E-state index in [0.717, 1.165) is 31.6 Å². The highest BCUT2D eigenvalue weighted by atomic mass is 35.5. The van der Waals surface area contributed by atoms with Crippen LogP contribution in [0.25, 0.3) is 0 Å². The lowest BCUT2D eigenvalue weighted by Crippen LogP contribution is -2.31. The molecule has 1 aliphatic heterocycles. The summed E-state index contributed by atoms with van der Waals surface area (Å²) in [6, 6.07) is 16.3. The largest absolute Gasteiger partial charge is 0.334 e. The minimum atomic E-state index is 0. The van der Waals surface area contributed by atoms with Crippen molar-refractivity contribution in [3.05, 3.63) is 70.8 Å². The Morgan fingerprint density at radius 3 is 2.57 bits per heavy atom. The fraction of sp³-hybridized carbons (Fsp3) is 0.316. The van der Waals surface area contributed by atoms with Gasteiger partial charge < -0.3 is 10.2 Å². The third-order valence-corrected chi connectivity index (χ3v) is 4.08. The van der Waals surface area contributed by atoms with Crippen LogP contribution in [0, 0.1) is 0 Å². The number of halogens is 1. The summed E-state index contributed by atoms with van der Waals surface area (Å²) in [5.74, 6) is 0.125. The monoisotopic (exact) mass is 330 g/mol. The molecule has 3 nitrogen and oxygen atoms in total. The molecule has 1 N–H and O–H groups in total. The van der Waals surface area contributed by atoms with E-state index in [4.69, 9.17) is 0 Å². The molecule has 122 valence electrons. The van der Waals surface area contributed by atoms with Crippen LogP contribution in [0.1, 0.15) is 40.4 Å². The maximum Gasteiger partial charge on any atom is 0.254 e. The van der Waals surface area contributed by atoms with Gasteiger partial charge in [0.1, 0.15) is 0 Å². The molecule has 2 aromatic rings. The van der Waals surface area contributed by atoms with Crippen molar-refractivity contribution in [3.8, 4) is 0 Å². The molecular weight excluding hydrogens is 308 g/mol. The van der Waals surface area contributed by atoms with E-state index in [9.17, 15) is 4.79 Å². The molecule has 0 fully saturated rings. The summed E-state index contributed by atoms with van der Waals surface area (Å²) in [5.41, 5.74) is 4.53. The molecule has 0 bridgehead atoms. The number of fused-ring (bicyclic) bond motifs is 1. The van der Waals surface area contributed by atoms with Crippen LogP contribution < -0.4 is 5.32 Å². The van der Waals surface area contributed by atoms with E-state index >= 15 is 0 Å². The number of carbonyl (C=O) groups excluding carboxylic acids is 1. The van der Waals surface area contributed by atoms with Gasteiger partial charge in [-0.3, -0.25) is 4.79 Å². The number of hydrogen-bond acceptors (Lipinski definition) is 2. The molecule has 0 saturated heterocycles. The summed E-state index contributed by atoms with van der Waals surface area (Å²) in [5, 5.41) is 3.32. The Bertz CT molecular complexity index is 658. The Kier molecular flexibility index (Phi) is 6.20. The second kappa shape index (κ2) is 8.14. The second-order valence-electron chi connectivity index (χ2n) is 5.80. The van der Waals surface area contributed by atoms with Crippen LogP contribution in [0.5, 0.6) is 0 Å². The number of rotatable bonds is 5. The predicted octanol–water partition coefficient (Wildman–Crippen LogP) is 3.76. The molecule has 4 heteroatoms. The van der Waals surface area contributed by atoms with Crippen molar-refractivity contribution in [1.29, 1.82) is 0 Å². The van der Waals surface area contributed by atoms with Crippen LogP contribution in [-0.2, 0) is 19.6 Å². The molecule has 1 heterocycles. The van der Waals surface area contributed by atoms with E-state index in [1.165, 1.54) is 16.7 Å². The molecule has 3 rings (SSSR count). The average Bonchev–Trinajstić information content (AvgIpc) is 3.02. The minimum Gasteiger partial charge on any atom is -0.334 e. The molecule has 0 aromatic heterocycles. The van der Waals surface area contributed by atoms with Gasteiger partial charge in [0, 0.05) is 31.7 Å². The van der Waals surface area contributed by atoms with E-state index in [0.29, 0.717) is 6.54 Å². The van der Waals surface area contributed by atoms with Crippen LogP contribution in [0.4, 0.5) is 0 Å². The van der Waals surface area contributed by atoms with Crippen molar-refractivity contribution in [1.82, 2.24) is 10.2 Å². The summed E-state index contributed by atoms with van der Waals surface area (Å²) in [7, 11) is 0. The Balaban J connectivity index is 0.00000192. The van der Waals surface area contributed by atoms with Gasteiger partial charge in [0.2, 0.25) is 0 Å². The number of benzene rings is 2. The first kappa shape index (κ1) is 17.5. The van der Waals surface area contributed by atoms with Gasteiger partial charge in [0.05, 0.1) is 0 Å². The molecule has 1 aliphatic rings. The zero-order valence-electron chi connectivity index (χ0n) is 13.4. The topological polar surface area (TPSA) is 32.3 Å². The van der Waals surface area contributed by atoms with Crippen LogP contribution in [-0.4, -0.2) is 17.4 Å². The van der Waals surface area contributed by atoms with Gasteiger partial charge in [0.25, 0.3) is 5.91 Å². The zero-order chi connectivity index (χ0) is 15.4. The lowest BCUT2D eigenvalue weighted by molar-refractivity contribution is 0.0743. The fourth-order valence-corrected chi connectivity index (χ4v) is 2.94. The number of nitrogens with one attached hydrogen (secondary N) is 1. The number of nitrogens with zero attached hydrogens (tertiary/aromatic N) is 1. The first-order valence-electron chi connectivity index (χ1n) is 7.93. The quantitative estimate of drug-likeness (QED) is 0.905. The molecule has 23 heavy (non-hydrogen) atoms. The highest BCUT2D eigenvalue weighted by Crippen LogP contribution is 2.19. The molecule has 0 unspecified atom stereocenters. The fourth-order valence-electron chi connectivity index (χ4n) is 2.94. The third kappa shape index (κ3) is 4.12. The van der Waals surface area contributed by atoms with E-state index in [-0.39, 0.29) is 18.3 Å². The lowest BCUT2D eigenvalue weighted by atomic mass is 10.1. The Labute approximate surface area is 144 Å². The molecule has 0 radical (unpaired) electrons. The smallest absolute Gasteiger partial charge is 0.254 e. The molecular formula is C19H23ClN2O. The first-order chi connectivity index (χ1) is 10.8. The number of hydrogen-bond donors (Lipinski definition) is 1. The zero-order valence-corrected chi connectivity index (χ0v) is 14.2. The van der Waals surface area contributed by atoms with Gasteiger partial charge in [-0.2, -0.15) is 0 Å². The molecule has 0 atom stereocenters. The van der Waals surface area contributed by atoms with E-state index in [1.807, 2.05) is 35.2 Å². The van der Waals surface area contributed by atoms with Gasteiger partial charge in [0.15, 0.2) is 0 Å². The Morgan fingerprint density at radius 2 is 1.83 bits per heavy atom. The van der Waals surface area contributed by atoms with Gasteiger partial charge in [-0.05, 0) is 35.2 Å². The standard InChI is InChI=1S/C19H22N2O.ClH/c1-2-10-21(14-15-6-4-3-5-7-15)19(22)16-8-9-17-12-20-13-18(17)11-16;/h3-9,11,20H,2,10,12-14H2,1H3;1H. The second-order valence-corrected chi connectivity index (χ2v) is 5.80. The maximum absolute atomic E-state index is 12.8. The van der Waals surface area contributed by atoms with Gasteiger partial charge in [-0.25, -0.2) is 0 Å². The summed E-state index contributed by atoms with van der Waals surface area (Å²) < 4.78 is 0. The molecule has 0 saturated carbocycles. The molecule has 0 spiro atoms. The number of amides is 1. The van der Waals surface area contributed by atoms with Gasteiger partial charge in [-0.1, -0.05) is 43.3 Å². The SMILES string of the molecule is CCCN(Cc1ccccc1)C(=O)c1ccc2c(c1)CNC2.Cl. The van der Waals surface area contributed by atoms with E-state index in [2.05, 4.69) is 30.4 Å². The Hall–Kier alpha value is -1.84. The average molecular weight is 331 g/mol. The van der Waals surface area contributed by atoms with Crippen molar-refractivity contribution in [2.75, 3.05) is 6.54 Å². The molecule has 2 aromatic carbocycles. The van der Waals surface area contributed by atoms with Crippen LogP contribution >= 0.6 is 12.4 Å². The van der Waals surface area contributed by atoms with Crippen molar-refractivity contribution in [3.63, 3.8) is 0 Å². The van der Waals surface area contributed by atoms with E-state index in [1.54, 1.807) is 0 Å². The van der Waals surface area contributed by atoms with E-state index < -0.39 is 0 Å². The van der Waals surface area contributed by atoms with Gasteiger partial charge in [-0.15, -0.1) is 12.4 Å². The molecule has 1 amide bonds. The highest BCUT2D eigenvalue weighted by molar-refractivity contribution is 5.94. The highest BCUT2D eigenvalue weighted by Gasteiger charge is 2.18. The lowest BCUT2D eigenvalue weighted by Gasteiger charge is -2.22. The van der Waals surface area contributed by atoms with Crippen molar-refractivity contribution >= 4 is 18.3 Å². The van der Waals surface area contributed by atoms with Crippen LogP contribution in [0.3, 0.4) is 0 Å². The normalized spacial score (nSPS) is 12.4.